The van der Waals surface area contributed by atoms with Gasteiger partial charge in [-0.25, -0.2) is 0 Å². The summed E-state index contributed by atoms with van der Waals surface area (Å²) in [5, 5.41) is 2.72. The largest absolute Gasteiger partial charge is 0.369 e. The molecule has 1 saturated heterocycles. The Morgan fingerprint density at radius 2 is 2.16 bits per heavy atom. The molecule has 1 atom stereocenters. The second-order valence-corrected chi connectivity index (χ2v) is 4.83. The topological polar surface area (TPSA) is 92.5 Å². The Bertz CT molecular complexity index is 597. The van der Waals surface area contributed by atoms with Crippen LogP contribution in [0.15, 0.2) is 18.2 Å². The molecular formula is C13H13N3O3. The quantitative estimate of drug-likeness (QED) is 0.768. The molecule has 0 aliphatic carbocycles. The lowest BCUT2D eigenvalue weighted by Crippen LogP contribution is -2.28. The molecule has 6 heteroatoms. The number of fused-ring (bicyclic) bond motifs is 1. The highest BCUT2D eigenvalue weighted by Crippen LogP contribution is 2.28. The number of benzene rings is 1. The Labute approximate surface area is 109 Å². The molecule has 6 nitrogen and oxygen atoms in total. The summed E-state index contributed by atoms with van der Waals surface area (Å²) in [4.78, 5) is 36.1. The predicted octanol–water partition coefficient (Wildman–Crippen LogP) is -0.232. The third kappa shape index (κ3) is 1.85. The second-order valence-electron chi connectivity index (χ2n) is 4.83. The third-order valence-corrected chi connectivity index (χ3v) is 3.62. The van der Waals surface area contributed by atoms with Gasteiger partial charge < -0.3 is 16.0 Å². The molecule has 0 spiro atoms. The zero-order chi connectivity index (χ0) is 13.6. The lowest BCUT2D eigenvalue weighted by molar-refractivity contribution is -0.123. The lowest BCUT2D eigenvalue weighted by atomic mass is 10.1. The Balaban J connectivity index is 1.91. The number of hydrogen-bond acceptors (Lipinski definition) is 3. The first-order valence-electron chi connectivity index (χ1n) is 6.07. The van der Waals surface area contributed by atoms with Gasteiger partial charge in [0, 0.05) is 30.8 Å². The van der Waals surface area contributed by atoms with Crippen LogP contribution in [0.4, 0.5) is 5.69 Å². The first kappa shape index (κ1) is 11.7. The summed E-state index contributed by atoms with van der Waals surface area (Å²) in [7, 11) is 0. The molecule has 0 radical (unpaired) electrons. The van der Waals surface area contributed by atoms with E-state index in [2.05, 4.69) is 5.32 Å². The normalized spacial score (nSPS) is 21.5. The molecular weight excluding hydrogens is 246 g/mol. The molecule has 2 aliphatic heterocycles. The number of amides is 3. The van der Waals surface area contributed by atoms with Crippen LogP contribution in [0.25, 0.3) is 0 Å². The fourth-order valence-corrected chi connectivity index (χ4v) is 2.52. The van der Waals surface area contributed by atoms with Crippen molar-refractivity contribution in [1.29, 1.82) is 0 Å². The van der Waals surface area contributed by atoms with E-state index >= 15 is 0 Å². The number of hydrogen-bond donors (Lipinski definition) is 2. The number of carbonyl (C=O) groups is 3. The van der Waals surface area contributed by atoms with E-state index in [1.807, 2.05) is 6.07 Å². The fourth-order valence-electron chi connectivity index (χ4n) is 2.52. The maximum absolute atomic E-state index is 11.9. The number of rotatable bonds is 2. The van der Waals surface area contributed by atoms with Gasteiger partial charge in [-0.15, -0.1) is 0 Å². The number of nitrogens with zero attached hydrogens (tertiary/aromatic N) is 1. The number of carbonyl (C=O) groups excluding carboxylic acids is 3. The monoisotopic (exact) mass is 259 g/mol. The average Bonchev–Trinajstić information content (AvgIpc) is 2.93. The summed E-state index contributed by atoms with van der Waals surface area (Å²) >= 11 is 0. The fraction of sp³-hybridized carbons (Fsp3) is 0.308. The zero-order valence-electron chi connectivity index (χ0n) is 10.2. The molecule has 98 valence electrons. The Kier molecular flexibility index (Phi) is 2.51. The highest BCUT2D eigenvalue weighted by atomic mass is 16.2. The molecule has 3 rings (SSSR count). The second kappa shape index (κ2) is 4.08. The average molecular weight is 259 g/mol. The van der Waals surface area contributed by atoms with Crippen LogP contribution < -0.4 is 16.0 Å². The lowest BCUT2D eigenvalue weighted by Gasteiger charge is -2.16. The summed E-state index contributed by atoms with van der Waals surface area (Å²) in [6.45, 7) is 0.806. The van der Waals surface area contributed by atoms with Gasteiger partial charge in [-0.1, -0.05) is 6.07 Å². The van der Waals surface area contributed by atoms with Gasteiger partial charge in [-0.2, -0.15) is 0 Å². The molecule has 0 saturated carbocycles. The van der Waals surface area contributed by atoms with E-state index < -0.39 is 11.8 Å². The van der Waals surface area contributed by atoms with Crippen LogP contribution in [0, 0.1) is 5.92 Å². The number of nitrogens with one attached hydrogen (secondary N) is 1. The van der Waals surface area contributed by atoms with Crippen molar-refractivity contribution in [3.05, 3.63) is 29.3 Å². The van der Waals surface area contributed by atoms with Crippen LogP contribution in [-0.2, 0) is 16.1 Å². The van der Waals surface area contributed by atoms with E-state index in [9.17, 15) is 14.4 Å². The first-order chi connectivity index (χ1) is 9.06. The predicted molar refractivity (Wildman–Crippen MR) is 67.3 cm³/mol. The molecule has 2 heterocycles. The summed E-state index contributed by atoms with van der Waals surface area (Å²) in [6.07, 6.45) is 0.138. The number of primary amides is 1. The molecule has 3 amide bonds. The number of anilines is 1. The van der Waals surface area contributed by atoms with Crippen LogP contribution in [0.3, 0.4) is 0 Å². The summed E-state index contributed by atoms with van der Waals surface area (Å²) in [5.74, 6) is -1.18. The first-order valence-corrected chi connectivity index (χ1v) is 6.07. The maximum atomic E-state index is 11.9. The van der Waals surface area contributed by atoms with E-state index in [1.54, 1.807) is 12.1 Å². The summed E-state index contributed by atoms with van der Waals surface area (Å²) in [6, 6.07) is 5.31. The van der Waals surface area contributed by atoms with E-state index in [4.69, 9.17) is 5.73 Å². The van der Waals surface area contributed by atoms with Crippen LogP contribution in [-0.4, -0.2) is 24.3 Å². The summed E-state index contributed by atoms with van der Waals surface area (Å²) in [5.41, 5.74) is 7.39. The molecule has 0 bridgehead atoms. The smallest absolute Gasteiger partial charge is 0.251 e. The van der Waals surface area contributed by atoms with E-state index in [0.29, 0.717) is 17.8 Å². The zero-order valence-corrected chi connectivity index (χ0v) is 10.2. The van der Waals surface area contributed by atoms with Crippen molar-refractivity contribution in [1.82, 2.24) is 5.32 Å². The Morgan fingerprint density at radius 3 is 2.84 bits per heavy atom. The maximum Gasteiger partial charge on any atom is 0.251 e. The SMILES string of the molecule is NC(=O)C1CC(=O)N(c2ccc3c(c2)C(=O)NC3)C1. The molecule has 1 aromatic carbocycles. The van der Waals surface area contributed by atoms with Crippen molar-refractivity contribution >= 4 is 23.4 Å². The van der Waals surface area contributed by atoms with Crippen LogP contribution in [0.2, 0.25) is 0 Å². The Hall–Kier alpha value is -2.37. The van der Waals surface area contributed by atoms with Gasteiger partial charge in [0.05, 0.1) is 5.92 Å². The van der Waals surface area contributed by atoms with Crippen molar-refractivity contribution in [2.24, 2.45) is 11.7 Å². The van der Waals surface area contributed by atoms with E-state index in [-0.39, 0.29) is 24.8 Å². The van der Waals surface area contributed by atoms with Gasteiger partial charge in [0.25, 0.3) is 5.91 Å². The molecule has 1 unspecified atom stereocenters. The molecule has 19 heavy (non-hydrogen) atoms. The van der Waals surface area contributed by atoms with Crippen molar-refractivity contribution < 1.29 is 14.4 Å². The molecule has 1 aromatic rings. The van der Waals surface area contributed by atoms with Gasteiger partial charge in [-0.3, -0.25) is 14.4 Å². The van der Waals surface area contributed by atoms with E-state index in [0.717, 1.165) is 5.56 Å². The van der Waals surface area contributed by atoms with Gasteiger partial charge in [0.15, 0.2) is 0 Å². The number of nitrogens with two attached hydrogens (primary N) is 1. The standard InChI is InChI=1S/C13H13N3O3/c14-12(18)8-3-11(17)16(6-8)9-2-1-7-5-15-13(19)10(7)4-9/h1-2,4,8H,3,5-6H2,(H2,14,18)(H,15,19). The highest BCUT2D eigenvalue weighted by Gasteiger charge is 2.34. The van der Waals surface area contributed by atoms with Crippen LogP contribution >= 0.6 is 0 Å². The van der Waals surface area contributed by atoms with Crippen molar-refractivity contribution in [2.75, 3.05) is 11.4 Å². The van der Waals surface area contributed by atoms with Crippen molar-refractivity contribution in [2.45, 2.75) is 13.0 Å². The van der Waals surface area contributed by atoms with Gasteiger partial charge >= 0.3 is 0 Å². The Morgan fingerprint density at radius 1 is 1.37 bits per heavy atom. The van der Waals surface area contributed by atoms with Gasteiger partial charge in [0.2, 0.25) is 11.8 Å². The minimum atomic E-state index is -0.463. The van der Waals surface area contributed by atoms with Crippen LogP contribution in [0.5, 0.6) is 0 Å². The third-order valence-electron chi connectivity index (χ3n) is 3.62. The van der Waals surface area contributed by atoms with Gasteiger partial charge in [-0.05, 0) is 17.7 Å². The molecule has 2 aliphatic rings. The molecule has 1 fully saturated rings. The van der Waals surface area contributed by atoms with Crippen molar-refractivity contribution in [3.63, 3.8) is 0 Å². The minimum Gasteiger partial charge on any atom is -0.369 e. The molecule has 0 aromatic heterocycles. The highest BCUT2D eigenvalue weighted by molar-refractivity contribution is 6.03. The van der Waals surface area contributed by atoms with E-state index in [1.165, 1.54) is 4.90 Å². The molecule has 3 N–H and O–H groups in total. The van der Waals surface area contributed by atoms with Crippen LogP contribution in [0.1, 0.15) is 22.3 Å². The van der Waals surface area contributed by atoms with Crippen molar-refractivity contribution in [3.8, 4) is 0 Å². The summed E-state index contributed by atoms with van der Waals surface area (Å²) < 4.78 is 0. The minimum absolute atomic E-state index is 0.130. The van der Waals surface area contributed by atoms with Gasteiger partial charge in [0.1, 0.15) is 0 Å².